The number of nitrogens with two attached hydrogens (primary N) is 1. The summed E-state index contributed by atoms with van der Waals surface area (Å²) in [6.07, 6.45) is 6.52. The quantitative estimate of drug-likeness (QED) is 0.821. The Kier molecular flexibility index (Phi) is 3.42. The molecule has 1 aliphatic carbocycles. The van der Waals surface area contributed by atoms with E-state index in [-0.39, 0.29) is 0 Å². The fourth-order valence-electron chi connectivity index (χ4n) is 2.10. The van der Waals surface area contributed by atoms with Crippen LogP contribution in [0.25, 0.3) is 6.08 Å². The average molecular weight is 217 g/mol. The van der Waals surface area contributed by atoms with E-state index in [9.17, 15) is 0 Å². The Morgan fingerprint density at radius 2 is 2.00 bits per heavy atom. The highest BCUT2D eigenvalue weighted by molar-refractivity contribution is 5.51. The summed E-state index contributed by atoms with van der Waals surface area (Å²) >= 11 is 0. The highest BCUT2D eigenvalue weighted by atomic mass is 16.5. The van der Waals surface area contributed by atoms with E-state index in [0.29, 0.717) is 12.0 Å². The van der Waals surface area contributed by atoms with Gasteiger partial charge in [0.2, 0.25) is 0 Å². The second-order valence-corrected chi connectivity index (χ2v) is 4.47. The van der Waals surface area contributed by atoms with Gasteiger partial charge in [0.1, 0.15) is 0 Å². The predicted octanol–water partition coefficient (Wildman–Crippen LogP) is 2.34. The molecule has 0 saturated heterocycles. The van der Waals surface area contributed by atoms with Crippen LogP contribution in [-0.4, -0.2) is 20.3 Å². The summed E-state index contributed by atoms with van der Waals surface area (Å²) in [6, 6.07) is 8.72. The molecule has 1 aromatic carbocycles. The van der Waals surface area contributed by atoms with Crippen molar-refractivity contribution >= 4 is 6.08 Å². The minimum atomic E-state index is 0.310. The molecule has 1 aliphatic rings. The van der Waals surface area contributed by atoms with Crippen LogP contribution in [0, 0.1) is 0 Å². The van der Waals surface area contributed by atoms with Gasteiger partial charge in [-0.05, 0) is 24.0 Å². The average Bonchev–Trinajstić information content (AvgIpc) is 3.09. The third kappa shape index (κ3) is 2.34. The molecule has 2 N–H and O–H groups in total. The Balaban J connectivity index is 2.10. The molecule has 2 nitrogen and oxygen atoms in total. The van der Waals surface area contributed by atoms with E-state index in [1.54, 1.807) is 7.11 Å². The van der Waals surface area contributed by atoms with Gasteiger partial charge in [0.05, 0.1) is 6.61 Å². The Morgan fingerprint density at radius 3 is 2.50 bits per heavy atom. The molecule has 0 radical (unpaired) electrons. The Hall–Kier alpha value is -1.12. The van der Waals surface area contributed by atoms with Crippen LogP contribution in [0.3, 0.4) is 0 Å². The number of methoxy groups -OCH3 is 1. The number of rotatable bonds is 5. The third-order valence-corrected chi connectivity index (χ3v) is 3.24. The standard InChI is InChI=1S/C14H19NO/c1-16-11-14(8-9-14)13-6-4-12(5-7-13)3-2-10-15/h2-7H,8-11,15H2,1H3/b3-2+. The zero-order chi connectivity index (χ0) is 11.4. The van der Waals surface area contributed by atoms with Crippen LogP contribution in [0.4, 0.5) is 0 Å². The molecule has 1 saturated carbocycles. The molecule has 0 aromatic heterocycles. The molecule has 1 fully saturated rings. The monoisotopic (exact) mass is 217 g/mol. The van der Waals surface area contributed by atoms with Crippen molar-refractivity contribution in [3.8, 4) is 0 Å². The van der Waals surface area contributed by atoms with Crippen molar-refractivity contribution in [2.45, 2.75) is 18.3 Å². The Bertz CT molecular complexity index is 363. The van der Waals surface area contributed by atoms with Gasteiger partial charge in [-0.25, -0.2) is 0 Å². The second-order valence-electron chi connectivity index (χ2n) is 4.47. The van der Waals surface area contributed by atoms with E-state index in [0.717, 1.165) is 6.61 Å². The molecule has 16 heavy (non-hydrogen) atoms. The van der Waals surface area contributed by atoms with Crippen LogP contribution in [0.15, 0.2) is 30.3 Å². The molecular formula is C14H19NO. The highest BCUT2D eigenvalue weighted by Crippen LogP contribution is 2.48. The zero-order valence-electron chi connectivity index (χ0n) is 9.78. The largest absolute Gasteiger partial charge is 0.384 e. The van der Waals surface area contributed by atoms with Crippen LogP contribution >= 0.6 is 0 Å². The number of benzene rings is 1. The van der Waals surface area contributed by atoms with E-state index in [1.165, 1.54) is 24.0 Å². The van der Waals surface area contributed by atoms with Crippen molar-refractivity contribution in [1.29, 1.82) is 0 Å². The van der Waals surface area contributed by atoms with E-state index in [1.807, 2.05) is 6.08 Å². The first kappa shape index (κ1) is 11.4. The lowest BCUT2D eigenvalue weighted by Gasteiger charge is -2.14. The van der Waals surface area contributed by atoms with E-state index in [4.69, 9.17) is 10.5 Å². The minimum Gasteiger partial charge on any atom is -0.384 e. The van der Waals surface area contributed by atoms with Gasteiger partial charge in [-0.2, -0.15) is 0 Å². The van der Waals surface area contributed by atoms with Crippen molar-refractivity contribution in [3.63, 3.8) is 0 Å². The van der Waals surface area contributed by atoms with Gasteiger partial charge in [-0.15, -0.1) is 0 Å². The lowest BCUT2D eigenvalue weighted by atomic mass is 9.96. The molecule has 0 heterocycles. The summed E-state index contributed by atoms with van der Waals surface area (Å²) in [6.45, 7) is 1.43. The van der Waals surface area contributed by atoms with Gasteiger partial charge in [0, 0.05) is 19.1 Å². The minimum absolute atomic E-state index is 0.310. The number of ether oxygens (including phenoxy) is 1. The summed E-state index contributed by atoms with van der Waals surface area (Å²) in [5.41, 5.74) is 8.34. The van der Waals surface area contributed by atoms with Crippen molar-refractivity contribution < 1.29 is 4.74 Å². The smallest absolute Gasteiger partial charge is 0.0559 e. The Morgan fingerprint density at radius 1 is 1.31 bits per heavy atom. The summed E-state index contributed by atoms with van der Waals surface area (Å²) < 4.78 is 5.29. The molecule has 0 unspecified atom stereocenters. The maximum absolute atomic E-state index is 5.42. The van der Waals surface area contributed by atoms with Gasteiger partial charge in [-0.3, -0.25) is 0 Å². The van der Waals surface area contributed by atoms with E-state index < -0.39 is 0 Å². The first-order chi connectivity index (χ1) is 7.80. The zero-order valence-corrected chi connectivity index (χ0v) is 9.78. The van der Waals surface area contributed by atoms with Crippen LogP contribution in [0.5, 0.6) is 0 Å². The lowest BCUT2D eigenvalue weighted by Crippen LogP contribution is -2.13. The molecule has 86 valence electrons. The summed E-state index contributed by atoms with van der Waals surface area (Å²) in [4.78, 5) is 0. The third-order valence-electron chi connectivity index (χ3n) is 3.24. The Labute approximate surface area is 97.1 Å². The number of hydrogen-bond donors (Lipinski definition) is 1. The second kappa shape index (κ2) is 4.81. The summed E-state index contributed by atoms with van der Waals surface area (Å²) in [5.74, 6) is 0. The molecule has 2 rings (SSSR count). The van der Waals surface area contributed by atoms with E-state index >= 15 is 0 Å². The normalized spacial score (nSPS) is 17.9. The molecule has 2 heteroatoms. The molecular weight excluding hydrogens is 198 g/mol. The van der Waals surface area contributed by atoms with Crippen molar-refractivity contribution in [2.75, 3.05) is 20.3 Å². The number of hydrogen-bond acceptors (Lipinski definition) is 2. The first-order valence-electron chi connectivity index (χ1n) is 5.77. The first-order valence-corrected chi connectivity index (χ1v) is 5.77. The summed E-state index contributed by atoms with van der Waals surface area (Å²) in [5, 5.41) is 0. The highest BCUT2D eigenvalue weighted by Gasteiger charge is 2.44. The molecule has 0 spiro atoms. The molecule has 0 bridgehead atoms. The molecule has 0 aliphatic heterocycles. The van der Waals surface area contributed by atoms with Gasteiger partial charge in [-0.1, -0.05) is 36.4 Å². The fourth-order valence-corrected chi connectivity index (χ4v) is 2.10. The molecule has 0 amide bonds. The summed E-state index contributed by atoms with van der Waals surface area (Å²) in [7, 11) is 1.78. The maximum atomic E-state index is 5.42. The lowest BCUT2D eigenvalue weighted by molar-refractivity contribution is 0.171. The van der Waals surface area contributed by atoms with Crippen molar-refractivity contribution in [2.24, 2.45) is 5.73 Å². The van der Waals surface area contributed by atoms with Crippen molar-refractivity contribution in [3.05, 3.63) is 41.5 Å². The van der Waals surface area contributed by atoms with Crippen LogP contribution in [0.2, 0.25) is 0 Å². The van der Waals surface area contributed by atoms with Crippen LogP contribution in [-0.2, 0) is 10.2 Å². The maximum Gasteiger partial charge on any atom is 0.0559 e. The predicted molar refractivity (Wildman–Crippen MR) is 67.3 cm³/mol. The SMILES string of the molecule is COCC1(c2ccc(/C=C/CN)cc2)CC1. The fraction of sp³-hybridized carbons (Fsp3) is 0.429. The topological polar surface area (TPSA) is 35.2 Å². The molecule has 1 aromatic rings. The van der Waals surface area contributed by atoms with Gasteiger partial charge in [0.25, 0.3) is 0 Å². The van der Waals surface area contributed by atoms with Crippen LogP contribution < -0.4 is 5.73 Å². The molecule has 0 atom stereocenters. The van der Waals surface area contributed by atoms with Gasteiger partial charge < -0.3 is 10.5 Å². The van der Waals surface area contributed by atoms with E-state index in [2.05, 4.69) is 30.3 Å². The van der Waals surface area contributed by atoms with Gasteiger partial charge >= 0.3 is 0 Å². The van der Waals surface area contributed by atoms with Crippen LogP contribution in [0.1, 0.15) is 24.0 Å². The van der Waals surface area contributed by atoms with Gasteiger partial charge in [0.15, 0.2) is 0 Å². The van der Waals surface area contributed by atoms with Crippen molar-refractivity contribution in [1.82, 2.24) is 0 Å².